The van der Waals surface area contributed by atoms with Crippen LogP contribution in [0.4, 0.5) is 30.7 Å². The molecule has 3 N–H and O–H groups in total. The average molecular weight is 752 g/mol. The first kappa shape index (κ1) is 35.8. The summed E-state index contributed by atoms with van der Waals surface area (Å²) in [6.07, 6.45) is 0.508. The predicted molar refractivity (Wildman–Crippen MR) is 180 cm³/mol. The number of carbonyl (C=O) groups is 2. The minimum absolute atomic E-state index is 0.0791. The van der Waals surface area contributed by atoms with E-state index in [1.165, 1.54) is 19.9 Å². The molecule has 0 bridgehead atoms. The number of nitrogens with one attached hydrogen (secondary N) is 2. The highest BCUT2D eigenvalue weighted by molar-refractivity contribution is 6.03. The minimum atomic E-state index is -5.08. The molecule has 8 nitrogen and oxygen atoms in total. The number of amides is 2. The van der Waals surface area contributed by atoms with Crippen LogP contribution in [0.25, 0.3) is 0 Å². The van der Waals surface area contributed by atoms with E-state index in [1.54, 1.807) is 12.1 Å². The third kappa shape index (κ3) is 6.19. The largest absolute Gasteiger partial charge is 0.435 e. The van der Waals surface area contributed by atoms with Gasteiger partial charge in [-0.1, -0.05) is 30.2 Å². The molecule has 8 rings (SSSR count). The number of benzene rings is 2. The lowest BCUT2D eigenvalue weighted by atomic mass is 9.81. The summed E-state index contributed by atoms with van der Waals surface area (Å²) in [4.78, 5) is 31.6. The van der Waals surface area contributed by atoms with Crippen LogP contribution in [0, 0.1) is 29.4 Å². The Labute approximate surface area is 304 Å². The van der Waals surface area contributed by atoms with Crippen LogP contribution in [0.5, 0.6) is 0 Å². The lowest BCUT2D eigenvalue weighted by molar-refractivity contribution is -0.142. The first-order chi connectivity index (χ1) is 25.3. The van der Waals surface area contributed by atoms with Crippen LogP contribution in [-0.2, 0) is 35.4 Å². The van der Waals surface area contributed by atoms with Crippen LogP contribution in [-0.4, -0.2) is 44.1 Å². The summed E-state index contributed by atoms with van der Waals surface area (Å²) in [5.41, 5.74) is -2.60. The number of aliphatic imine (C=N–C) groups is 1. The molecule has 2 aliphatic heterocycles. The second-order valence-electron chi connectivity index (χ2n) is 15.0. The molecule has 15 heteroatoms. The highest BCUT2D eigenvalue weighted by Gasteiger charge is 2.61. The van der Waals surface area contributed by atoms with E-state index in [0.717, 1.165) is 36.6 Å². The van der Waals surface area contributed by atoms with E-state index >= 15 is 8.78 Å². The van der Waals surface area contributed by atoms with E-state index in [4.69, 9.17) is 4.99 Å². The Balaban J connectivity index is 1.19. The molecule has 3 heterocycles. The molecule has 3 aromatic rings. The van der Waals surface area contributed by atoms with Gasteiger partial charge in [-0.2, -0.15) is 27.1 Å². The number of rotatable bonds is 7. The smallest absolute Gasteiger partial charge is 0.378 e. The van der Waals surface area contributed by atoms with Gasteiger partial charge < -0.3 is 15.7 Å². The van der Waals surface area contributed by atoms with E-state index in [1.807, 2.05) is 12.1 Å². The van der Waals surface area contributed by atoms with Crippen molar-refractivity contribution in [2.45, 2.75) is 87.2 Å². The van der Waals surface area contributed by atoms with Gasteiger partial charge in [-0.15, -0.1) is 0 Å². The van der Waals surface area contributed by atoms with Crippen molar-refractivity contribution in [3.8, 4) is 11.8 Å². The molecular formula is C39H32F7N5O3. The topological polar surface area (TPSA) is 109 Å². The van der Waals surface area contributed by atoms with Crippen molar-refractivity contribution in [2.75, 3.05) is 0 Å². The number of nitrogens with zero attached hydrogens (tertiary/aromatic N) is 3. The maximum Gasteiger partial charge on any atom is 0.435 e. The molecule has 280 valence electrons. The molecule has 1 aromatic heterocycles. The zero-order chi connectivity index (χ0) is 38.5. The lowest BCUT2D eigenvalue weighted by Crippen LogP contribution is -2.46. The van der Waals surface area contributed by atoms with Crippen molar-refractivity contribution < 1.29 is 45.4 Å². The summed E-state index contributed by atoms with van der Waals surface area (Å²) >= 11 is 0. The van der Waals surface area contributed by atoms with Gasteiger partial charge in [0.2, 0.25) is 5.91 Å². The van der Waals surface area contributed by atoms with E-state index in [2.05, 4.69) is 27.6 Å². The second-order valence-corrected chi connectivity index (χ2v) is 15.0. The number of aromatic nitrogens is 2. The number of carbonyl (C=O) groups excluding carboxylic acids is 2. The zero-order valence-corrected chi connectivity index (χ0v) is 28.8. The molecule has 1 fully saturated rings. The Morgan fingerprint density at radius 2 is 1.83 bits per heavy atom. The van der Waals surface area contributed by atoms with Crippen LogP contribution in [0.3, 0.4) is 0 Å². The quantitative estimate of drug-likeness (QED) is 0.150. The van der Waals surface area contributed by atoms with Gasteiger partial charge in [-0.3, -0.25) is 14.3 Å². The number of alkyl halides is 5. The lowest BCUT2D eigenvalue weighted by Gasteiger charge is -2.30. The molecule has 1 spiro atoms. The fourth-order valence-electron chi connectivity index (χ4n) is 7.94. The number of hydrogen-bond donors (Lipinski definition) is 3. The average Bonchev–Trinajstić information content (AvgIpc) is 3.59. The molecule has 54 heavy (non-hydrogen) atoms. The Morgan fingerprint density at radius 3 is 2.46 bits per heavy atom. The highest BCUT2D eigenvalue weighted by atomic mass is 19.4. The Hall–Kier alpha value is -5.23. The summed E-state index contributed by atoms with van der Waals surface area (Å²) in [6.45, 7) is 1.88. The van der Waals surface area contributed by atoms with Gasteiger partial charge in [0.15, 0.2) is 5.69 Å². The molecule has 2 aromatic carbocycles. The van der Waals surface area contributed by atoms with E-state index < -0.39 is 88.1 Å². The van der Waals surface area contributed by atoms with Gasteiger partial charge in [0.25, 0.3) is 11.8 Å². The Bertz CT molecular complexity index is 2260. The van der Waals surface area contributed by atoms with Crippen LogP contribution < -0.4 is 10.6 Å². The number of aliphatic hydroxyl groups is 1. The van der Waals surface area contributed by atoms with E-state index in [9.17, 15) is 36.6 Å². The van der Waals surface area contributed by atoms with Gasteiger partial charge in [-0.25, -0.2) is 13.8 Å². The number of halogens is 7. The minimum Gasteiger partial charge on any atom is -0.378 e. The van der Waals surface area contributed by atoms with Crippen LogP contribution in [0.15, 0.2) is 65.3 Å². The van der Waals surface area contributed by atoms with Gasteiger partial charge in [0, 0.05) is 34.7 Å². The van der Waals surface area contributed by atoms with Crippen LogP contribution in [0.2, 0.25) is 0 Å². The Kier molecular flexibility index (Phi) is 8.05. The van der Waals surface area contributed by atoms with Crippen molar-refractivity contribution in [3.63, 3.8) is 0 Å². The Morgan fingerprint density at radius 1 is 1.11 bits per heavy atom. The second kappa shape index (κ2) is 12.1. The normalized spacial score (nSPS) is 23.2. The summed E-state index contributed by atoms with van der Waals surface area (Å²) < 4.78 is 103. The summed E-state index contributed by atoms with van der Waals surface area (Å²) in [6, 6.07) is 6.89. The van der Waals surface area contributed by atoms with Crippen molar-refractivity contribution in [1.82, 2.24) is 20.4 Å². The molecule has 2 unspecified atom stereocenters. The molecule has 4 atom stereocenters. The van der Waals surface area contributed by atoms with E-state index in [0.29, 0.717) is 21.9 Å². The SMILES string of the molecule is CC(C)(O)C#CC1=CCC(c2ccc3c(c2)C(=O)NC32CC2)C(C(Cc2cc(F)cc(F)c2)NC(=O)Cn2nc(C(F)(F)F)c3c2C(F)(F)[C@@H]2C=C[C@H]32)=N1. The highest BCUT2D eigenvalue weighted by Crippen LogP contribution is 2.60. The van der Waals surface area contributed by atoms with Crippen molar-refractivity contribution in [2.24, 2.45) is 10.9 Å². The maximum atomic E-state index is 15.5. The van der Waals surface area contributed by atoms with Crippen LogP contribution >= 0.6 is 0 Å². The first-order valence-corrected chi connectivity index (χ1v) is 17.3. The number of allylic oxidation sites excluding steroid dienone is 4. The van der Waals surface area contributed by atoms with E-state index in [-0.39, 0.29) is 35.7 Å². The van der Waals surface area contributed by atoms with Gasteiger partial charge >= 0.3 is 6.18 Å². The monoisotopic (exact) mass is 751 g/mol. The fraction of sp³-hybridized carbons (Fsp3) is 0.385. The molecule has 3 aliphatic carbocycles. The summed E-state index contributed by atoms with van der Waals surface area (Å²) in [7, 11) is 0. The molecule has 5 aliphatic rings. The van der Waals surface area contributed by atoms with Crippen LogP contribution in [0.1, 0.15) is 88.9 Å². The molecule has 0 radical (unpaired) electrons. The van der Waals surface area contributed by atoms with Gasteiger partial charge in [0.1, 0.15) is 35.2 Å². The standard InChI is InChI=1S/C39H32F7N5O3/c1-36(2,54)10-9-23-4-5-24(20-3-7-27-26(16-20)35(53)49-37(27)11-12-37)32(47-23)29(15-19-13-21(40)17-22(41)14-19)48-30(52)18-51-34-31(33(50-51)39(44,45)46)25-6-8-28(25)38(34,42)43/h3-4,6-8,13-14,16-17,24-25,28-29,54H,5,11-12,15,18H2,1-2H3,(H,48,52)(H,49,53)/t24?,25-,28+,29?/m0/s1. The third-order valence-corrected chi connectivity index (χ3v) is 10.5. The summed E-state index contributed by atoms with van der Waals surface area (Å²) in [5.74, 6) is -4.75. The molecule has 0 saturated heterocycles. The molecule has 1 saturated carbocycles. The third-order valence-electron chi connectivity index (χ3n) is 10.5. The van der Waals surface area contributed by atoms with Gasteiger partial charge in [0.05, 0.1) is 17.5 Å². The predicted octanol–water partition coefficient (Wildman–Crippen LogP) is 6.30. The number of hydrogen-bond acceptors (Lipinski definition) is 5. The van der Waals surface area contributed by atoms with Crippen molar-refractivity contribution in [3.05, 3.63) is 111 Å². The zero-order valence-electron chi connectivity index (χ0n) is 28.8. The summed E-state index contributed by atoms with van der Waals surface area (Å²) in [5, 5.41) is 19.4. The maximum absolute atomic E-state index is 15.5. The fourth-order valence-corrected chi connectivity index (χ4v) is 7.94. The van der Waals surface area contributed by atoms with Crippen molar-refractivity contribution in [1.29, 1.82) is 0 Å². The molecule has 2 amide bonds. The van der Waals surface area contributed by atoms with Crippen molar-refractivity contribution >= 4 is 17.5 Å². The van der Waals surface area contributed by atoms with Gasteiger partial charge in [-0.05, 0) is 86.4 Å². The first-order valence-electron chi connectivity index (χ1n) is 17.3. The molecular weight excluding hydrogens is 719 g/mol. The number of fused-ring (bicyclic) bond motifs is 5.